The predicted molar refractivity (Wildman–Crippen MR) is 36.9 cm³/mol. The van der Waals surface area contributed by atoms with Gasteiger partial charge in [0.15, 0.2) is 0 Å². The summed E-state index contributed by atoms with van der Waals surface area (Å²) < 4.78 is 14.9. The van der Waals surface area contributed by atoms with Crippen LogP contribution in [0.2, 0.25) is 0 Å². The van der Waals surface area contributed by atoms with Crippen molar-refractivity contribution in [3.05, 3.63) is 0 Å². The van der Waals surface area contributed by atoms with Crippen LogP contribution in [0.15, 0.2) is 0 Å². The Labute approximate surface area is 67.3 Å². The molecule has 0 aliphatic carbocycles. The van der Waals surface area contributed by atoms with Crippen LogP contribution in [-0.2, 0) is 9.30 Å². The summed E-state index contributed by atoms with van der Waals surface area (Å²) >= 11 is 4.93. The molecule has 0 aromatic rings. The molecule has 8 heteroatoms. The van der Waals surface area contributed by atoms with Crippen LogP contribution in [0.4, 0.5) is 4.79 Å². The van der Waals surface area contributed by atoms with Crippen LogP contribution >= 0.6 is 18.1 Å². The summed E-state index contributed by atoms with van der Waals surface area (Å²) in [5, 5.41) is 2.76. The number of carbonyl (C=O) groups is 1. The molecule has 1 aliphatic rings. The largest absolute Gasteiger partial charge is 0.447 e. The molecule has 1 fully saturated rings. The van der Waals surface area contributed by atoms with E-state index in [1.807, 2.05) is 5.20 Å². The minimum Gasteiger partial charge on any atom is -0.447 e. The highest BCUT2D eigenvalue weighted by Gasteiger charge is 2.27. The topological polar surface area (TPSA) is 78.9 Å². The second-order valence-corrected chi connectivity index (χ2v) is 4.45. The molecule has 0 saturated carbocycles. The van der Waals surface area contributed by atoms with Gasteiger partial charge in [-0.15, -0.1) is 5.20 Å². The zero-order valence-corrected chi connectivity index (χ0v) is 7.01. The van der Waals surface area contributed by atoms with Gasteiger partial charge in [0.05, 0.1) is 6.54 Å². The molecule has 0 spiro atoms. The molecule has 0 aromatic heterocycles. The molecule has 64 valence electrons. The van der Waals surface area contributed by atoms with E-state index in [-0.39, 0.29) is 13.2 Å². The minimum absolute atomic E-state index is 0.197. The lowest BCUT2D eigenvalue weighted by atomic mass is 10.7. The van der Waals surface area contributed by atoms with Crippen molar-refractivity contribution in [3.8, 4) is 0 Å². The lowest BCUT2D eigenvalue weighted by Gasteiger charge is -2.13. The normalized spacial score (nSPS) is 23.1. The number of hydrogen-bond acceptors (Lipinski definition) is 3. The van der Waals surface area contributed by atoms with Gasteiger partial charge in [-0.25, -0.2) is 9.80 Å². The summed E-state index contributed by atoms with van der Waals surface area (Å²) in [5.41, 5.74) is 0. The Morgan fingerprint density at radius 1 is 1.82 bits per heavy atom. The van der Waals surface area contributed by atoms with Gasteiger partial charge in [-0.1, -0.05) is 0 Å². The molecule has 1 unspecified atom stereocenters. The highest BCUT2D eigenvalue weighted by molar-refractivity contribution is 7.82. The standard InChI is InChI=1S/C3H6ClN2O4P/c4-11(8,9)5-6-1-2-10-3(6)7/h1-2H2,(H2,5,8,9). The molecule has 0 bridgehead atoms. The highest BCUT2D eigenvalue weighted by Crippen LogP contribution is 2.41. The molecule has 11 heavy (non-hydrogen) atoms. The number of nitrogens with zero attached hydrogens (tertiary/aromatic N) is 1. The third kappa shape index (κ3) is 2.67. The van der Waals surface area contributed by atoms with E-state index in [0.717, 1.165) is 5.01 Å². The number of cyclic esters (lactones) is 1. The lowest BCUT2D eigenvalue weighted by molar-refractivity contribution is 0.153. The predicted octanol–water partition coefficient (Wildman–Crippen LogP) is 0.282. The van der Waals surface area contributed by atoms with Gasteiger partial charge in [0.2, 0.25) is 0 Å². The number of amides is 1. The van der Waals surface area contributed by atoms with Crippen molar-refractivity contribution in [1.29, 1.82) is 0 Å². The molecule has 1 rings (SSSR count). The van der Waals surface area contributed by atoms with Crippen LogP contribution in [-0.4, -0.2) is 29.1 Å². The SMILES string of the molecule is O=C1OCCN1NP(=O)(O)Cl. The third-order valence-corrected chi connectivity index (χ3v) is 1.72. The quantitative estimate of drug-likeness (QED) is 0.626. The van der Waals surface area contributed by atoms with Crippen molar-refractivity contribution >= 4 is 24.2 Å². The number of ether oxygens (including phenoxy) is 1. The van der Waals surface area contributed by atoms with E-state index in [9.17, 15) is 9.36 Å². The summed E-state index contributed by atoms with van der Waals surface area (Å²) in [5.74, 6) is 0. The van der Waals surface area contributed by atoms with Crippen LogP contribution < -0.4 is 5.20 Å². The molecule has 1 aliphatic heterocycles. The smallest absolute Gasteiger partial charge is 0.424 e. The first-order valence-electron chi connectivity index (χ1n) is 2.74. The molecule has 1 atom stereocenters. The maximum atomic E-state index is 10.6. The summed E-state index contributed by atoms with van der Waals surface area (Å²) in [6.07, 6.45) is -0.695. The number of carbonyl (C=O) groups excluding carboxylic acids is 1. The monoisotopic (exact) mass is 200 g/mol. The Kier molecular flexibility index (Phi) is 2.39. The highest BCUT2D eigenvalue weighted by atomic mass is 35.7. The zero-order valence-electron chi connectivity index (χ0n) is 5.36. The van der Waals surface area contributed by atoms with Crippen LogP contribution in [0.25, 0.3) is 0 Å². The lowest BCUT2D eigenvalue weighted by Crippen LogP contribution is -2.35. The first-order valence-corrected chi connectivity index (χ1v) is 5.30. The molecule has 1 amide bonds. The van der Waals surface area contributed by atoms with Crippen LogP contribution in [0.3, 0.4) is 0 Å². The summed E-state index contributed by atoms with van der Waals surface area (Å²) in [6.45, 7) is -3.49. The van der Waals surface area contributed by atoms with Gasteiger partial charge in [0.1, 0.15) is 6.61 Å². The third-order valence-electron chi connectivity index (χ3n) is 1.00. The average Bonchev–Trinajstić information content (AvgIpc) is 2.12. The van der Waals surface area contributed by atoms with E-state index in [1.165, 1.54) is 0 Å². The van der Waals surface area contributed by atoms with E-state index in [1.54, 1.807) is 0 Å². The number of nitrogens with one attached hydrogen (secondary N) is 1. The van der Waals surface area contributed by atoms with Crippen LogP contribution in [0, 0.1) is 0 Å². The number of halogens is 1. The average molecular weight is 201 g/mol. The molecule has 1 saturated heterocycles. The maximum Gasteiger partial charge on any atom is 0.424 e. The molecule has 2 N–H and O–H groups in total. The number of rotatable bonds is 2. The van der Waals surface area contributed by atoms with E-state index in [4.69, 9.17) is 16.1 Å². The number of hydrazine groups is 1. The first-order chi connectivity index (χ1) is 4.99. The minimum atomic E-state index is -3.90. The van der Waals surface area contributed by atoms with Crippen molar-refractivity contribution in [2.45, 2.75) is 0 Å². The van der Waals surface area contributed by atoms with Crippen molar-refractivity contribution in [2.24, 2.45) is 0 Å². The van der Waals surface area contributed by atoms with Gasteiger partial charge < -0.3 is 9.63 Å². The zero-order chi connectivity index (χ0) is 8.48. The molecule has 6 nitrogen and oxygen atoms in total. The van der Waals surface area contributed by atoms with Crippen molar-refractivity contribution in [3.63, 3.8) is 0 Å². The Balaban J connectivity index is 2.50. The maximum absolute atomic E-state index is 10.6. The summed E-state index contributed by atoms with van der Waals surface area (Å²) in [7, 11) is 0. The van der Waals surface area contributed by atoms with E-state index in [0.29, 0.717) is 0 Å². The Bertz CT molecular complexity index is 215. The van der Waals surface area contributed by atoms with Crippen molar-refractivity contribution in [1.82, 2.24) is 10.2 Å². The Morgan fingerprint density at radius 3 is 2.82 bits per heavy atom. The Morgan fingerprint density at radius 2 is 2.45 bits per heavy atom. The van der Waals surface area contributed by atoms with E-state index < -0.39 is 13.0 Å². The van der Waals surface area contributed by atoms with E-state index in [2.05, 4.69) is 4.74 Å². The Hall–Kier alpha value is -0.290. The van der Waals surface area contributed by atoms with Gasteiger partial charge in [0.25, 0.3) is 0 Å². The fourth-order valence-electron chi connectivity index (χ4n) is 0.633. The fourth-order valence-corrected chi connectivity index (χ4v) is 1.39. The van der Waals surface area contributed by atoms with Crippen LogP contribution in [0.1, 0.15) is 0 Å². The van der Waals surface area contributed by atoms with Gasteiger partial charge in [-0.05, 0) is 11.2 Å². The molecular formula is C3H6ClN2O4P. The molecule has 0 radical (unpaired) electrons. The fraction of sp³-hybridized carbons (Fsp3) is 0.667. The van der Waals surface area contributed by atoms with E-state index >= 15 is 0 Å². The van der Waals surface area contributed by atoms with Gasteiger partial charge in [-0.2, -0.15) is 0 Å². The first kappa shape index (κ1) is 8.80. The molecule has 1 heterocycles. The van der Waals surface area contributed by atoms with Crippen molar-refractivity contribution in [2.75, 3.05) is 13.2 Å². The van der Waals surface area contributed by atoms with Gasteiger partial charge in [-0.3, -0.25) is 4.57 Å². The van der Waals surface area contributed by atoms with Gasteiger partial charge >= 0.3 is 13.0 Å². The summed E-state index contributed by atoms with van der Waals surface area (Å²) in [4.78, 5) is 19.2. The molecular weight excluding hydrogens is 194 g/mol. The molecule has 0 aromatic carbocycles. The second-order valence-electron chi connectivity index (χ2n) is 1.87. The summed E-state index contributed by atoms with van der Waals surface area (Å²) in [6, 6.07) is 0. The van der Waals surface area contributed by atoms with Crippen molar-refractivity contribution < 1.29 is 19.0 Å². The second kappa shape index (κ2) is 2.98. The van der Waals surface area contributed by atoms with Gasteiger partial charge in [0, 0.05) is 0 Å². The van der Waals surface area contributed by atoms with Crippen LogP contribution in [0.5, 0.6) is 0 Å². The number of hydrogen-bond donors (Lipinski definition) is 2.